The summed E-state index contributed by atoms with van der Waals surface area (Å²) >= 11 is 0. The molecule has 5 aromatic rings. The Morgan fingerprint density at radius 1 is 0.538 bits per heavy atom. The van der Waals surface area contributed by atoms with Gasteiger partial charge in [-0.3, -0.25) is 96.3 Å². The normalized spacial score (nSPS) is 15.1. The number of aliphatic carboxylic acids is 3. The number of hydrogen-bond acceptors (Lipinski definition) is 21. The fourth-order valence-corrected chi connectivity index (χ4v) is 12.4. The Hall–Kier alpha value is -12.7. The van der Waals surface area contributed by atoms with Crippen LogP contribution in [0.15, 0.2) is 122 Å². The summed E-state index contributed by atoms with van der Waals surface area (Å²) < 4.78 is 0. The second kappa shape index (κ2) is 46.6. The van der Waals surface area contributed by atoms with Crippen molar-refractivity contribution in [3.8, 4) is 0 Å². The molecule has 39 nitrogen and oxygen atoms in total. The van der Waals surface area contributed by atoms with Gasteiger partial charge in [-0.15, -0.1) is 0 Å². The topological polar surface area (TPSA) is 576 Å². The number of aromatic amines is 2. The molecule has 13 amide bonds. The number of H-pyrrole nitrogens is 2. The summed E-state index contributed by atoms with van der Waals surface area (Å²) in [6, 6.07) is 12.7. The number of nitrogens with one attached hydrogen (secondary N) is 13. The Bertz CT molecular complexity index is 4330. The van der Waals surface area contributed by atoms with E-state index in [0.717, 1.165) is 6.08 Å². The molecule has 0 radical (unpaired) electrons. The predicted octanol–water partition coefficient (Wildman–Crippen LogP) is -2.47. The third-order valence-corrected chi connectivity index (χ3v) is 18.9. The maximum Gasteiger partial charge on any atom is 0.317 e. The lowest BCUT2D eigenvalue weighted by Gasteiger charge is -2.32. The molecule has 1 aliphatic heterocycles. The number of aromatic nitrogens is 3. The quantitative estimate of drug-likeness (QED) is 0.0180. The second-order valence-corrected chi connectivity index (χ2v) is 29.0. The molecule has 1 fully saturated rings. The van der Waals surface area contributed by atoms with Gasteiger partial charge in [-0.2, -0.15) is 0 Å². The molecule has 0 spiro atoms. The third-order valence-electron chi connectivity index (χ3n) is 18.9. The zero-order valence-corrected chi connectivity index (χ0v) is 66.1. The molecule has 0 aliphatic carbocycles. The van der Waals surface area contributed by atoms with Crippen LogP contribution < -0.4 is 70.0 Å². The Labute approximate surface area is 674 Å². The number of primary amides is 2. The first-order chi connectivity index (χ1) is 55.5. The first kappa shape index (κ1) is 93.1. The number of nitrogens with zero attached hydrogens (tertiary/aromatic N) is 5. The highest BCUT2D eigenvalue weighted by Crippen LogP contribution is 2.21. The number of carbonyl (C=O) groups is 16. The molecule has 3 heterocycles. The molecule has 0 saturated carbocycles. The van der Waals surface area contributed by atoms with Gasteiger partial charge in [0.2, 0.25) is 59.1 Å². The van der Waals surface area contributed by atoms with E-state index in [0.29, 0.717) is 34.1 Å². The number of amides is 13. The van der Waals surface area contributed by atoms with Crippen LogP contribution in [-0.4, -0.2) is 272 Å². The highest BCUT2D eigenvalue weighted by atomic mass is 16.4. The minimum Gasteiger partial charge on any atom is -0.480 e. The van der Waals surface area contributed by atoms with E-state index in [2.05, 4.69) is 80.0 Å². The van der Waals surface area contributed by atoms with E-state index in [4.69, 9.17) is 11.5 Å². The number of rotatable bonds is 43. The Kier molecular flexibility index (Phi) is 37.1. The Morgan fingerprint density at radius 3 is 1.64 bits per heavy atom. The van der Waals surface area contributed by atoms with Crippen molar-refractivity contribution in [3.05, 3.63) is 144 Å². The molecule has 39 heteroatoms. The zero-order valence-electron chi connectivity index (χ0n) is 66.1. The van der Waals surface area contributed by atoms with Crippen LogP contribution in [0.1, 0.15) is 88.0 Å². The Balaban J connectivity index is 1.11. The van der Waals surface area contributed by atoms with Crippen molar-refractivity contribution < 1.29 is 92.0 Å². The number of carboxylic acid groups (broad SMARTS) is 3. The monoisotopic (exact) mass is 1630 g/mol. The summed E-state index contributed by atoms with van der Waals surface area (Å²) in [6.45, 7) is 12.8. The number of anilines is 1. The number of carboxylic acids is 3. The van der Waals surface area contributed by atoms with Crippen molar-refractivity contribution in [1.29, 1.82) is 0 Å². The van der Waals surface area contributed by atoms with E-state index in [1.807, 2.05) is 13.8 Å². The second-order valence-electron chi connectivity index (χ2n) is 29.0. The van der Waals surface area contributed by atoms with E-state index in [9.17, 15) is 92.0 Å². The maximum atomic E-state index is 14.7. The van der Waals surface area contributed by atoms with Crippen LogP contribution in [0.2, 0.25) is 0 Å². The highest BCUT2D eigenvalue weighted by molar-refractivity contribution is 6.05. The van der Waals surface area contributed by atoms with Crippen LogP contribution in [0, 0.1) is 17.8 Å². The van der Waals surface area contributed by atoms with Gasteiger partial charge >= 0.3 is 17.9 Å². The van der Waals surface area contributed by atoms with Crippen molar-refractivity contribution in [1.82, 2.24) is 87.7 Å². The third kappa shape index (κ3) is 32.2. The fraction of sp³-hybridized carbons (Fsp3) is 0.449. The predicted molar refractivity (Wildman–Crippen MR) is 425 cm³/mol. The average molecular weight is 1630 g/mol. The summed E-state index contributed by atoms with van der Waals surface area (Å²) in [7, 11) is 0. The largest absolute Gasteiger partial charge is 0.480 e. The number of imidazole rings is 1. The molecule has 1 saturated heterocycles. The number of carbonyl (C=O) groups excluding carboxylic acids is 13. The van der Waals surface area contributed by atoms with Crippen LogP contribution in [0.25, 0.3) is 10.9 Å². The minimum atomic E-state index is -1.62. The molecule has 117 heavy (non-hydrogen) atoms. The number of para-hydroxylation sites is 1. The molecule has 632 valence electrons. The standard InChI is InChI=1S/C78H106N20O19/c1-8-47(6)69(78(117)90-57(70(80)109)32-45(2)3)94-76(115)60(35-53-37-81-44-85-53)88-63(101)39-84-77(116)68(46(4)5)93-71(110)48(7)86-74(113)59(34-51-36-82-55-17-13-12-16-54(51)55)92-73(112)56(22-23-61(79)99)89-75(114)58(33-49-14-10-9-11-15-49)91-72(111)50-18-20-52(21-19-50)87-62(100)38-83-64(102)40-95-24-26-96(41-65(103)104)28-30-98(43-67(107)108)31-29-97(27-25-95)42-66(105)106/h9-22,36-37,44-47,57-60,68-69,82H,7-8,23-35,38-43H2,1-6H3,(H2,79,99)(H2,80,109)(H,81,85)(H,83,102)(H,84,116)(H,86,113)(H,87,100)(H,88,101)(H,89,114)(H,90,117)(H,91,111)(H,92,112)(H,93,110)(H,94,115)(H,103,104)(H,105,106)(H,107,108)/b56-22+/t47-,57-,58?,59-,60-,68-,69?/m0/s1. The summed E-state index contributed by atoms with van der Waals surface area (Å²) in [4.78, 5) is 230. The van der Waals surface area contributed by atoms with E-state index in [1.54, 1.807) is 108 Å². The van der Waals surface area contributed by atoms with Crippen LogP contribution in [0.3, 0.4) is 0 Å². The Morgan fingerprint density at radius 2 is 1.09 bits per heavy atom. The lowest BCUT2D eigenvalue weighted by molar-refractivity contribution is -0.140. The number of benzene rings is 3. The van der Waals surface area contributed by atoms with Gasteiger partial charge in [0.05, 0.1) is 57.0 Å². The summed E-state index contributed by atoms with van der Waals surface area (Å²) in [5.41, 5.74) is 12.1. The molecular formula is C78H106N20O19. The van der Waals surface area contributed by atoms with E-state index in [-0.39, 0.29) is 121 Å². The van der Waals surface area contributed by atoms with E-state index < -0.39 is 174 Å². The van der Waals surface area contributed by atoms with Gasteiger partial charge in [-0.1, -0.05) is 103 Å². The smallest absolute Gasteiger partial charge is 0.317 e. The van der Waals surface area contributed by atoms with Crippen molar-refractivity contribution in [3.63, 3.8) is 0 Å². The SMILES string of the molecule is C=C(NC(=O)[C@H](Cc1c[nH]c2ccccc12)NC(=O)/C(=C\CC(N)=O)NC(=O)C(Cc1ccccc1)NC(=O)c1ccc(NC(=O)CNC(=O)CN2CCN(CC(=O)O)CCN(CC(=O)O)CCN(CC(=O)O)CC2)cc1)C(=O)N[C@H](C(=O)NCC(=O)N[C@@H](Cc1c[nH]cn1)C(=O)NC(C(=O)N[C@@H](CC(C)C)C(N)=O)[C@@H](C)CC)C(C)C. The summed E-state index contributed by atoms with van der Waals surface area (Å²) in [6.07, 6.45) is 4.81. The molecule has 7 atom stereocenters. The summed E-state index contributed by atoms with van der Waals surface area (Å²) in [5.74, 6) is -15.8. The first-order valence-corrected chi connectivity index (χ1v) is 38.0. The molecule has 6 rings (SSSR count). The van der Waals surface area contributed by atoms with Crippen LogP contribution in [-0.2, 0) is 91.2 Å². The van der Waals surface area contributed by atoms with Gasteiger partial charge in [0.1, 0.15) is 41.9 Å². The van der Waals surface area contributed by atoms with Crippen molar-refractivity contribution in [2.45, 2.75) is 116 Å². The van der Waals surface area contributed by atoms with Gasteiger partial charge in [-0.05, 0) is 71.7 Å². The van der Waals surface area contributed by atoms with Crippen molar-refractivity contribution >= 4 is 111 Å². The van der Waals surface area contributed by atoms with Crippen LogP contribution in [0.5, 0.6) is 0 Å². The van der Waals surface area contributed by atoms with Gasteiger partial charge in [0, 0.05) is 113 Å². The lowest BCUT2D eigenvalue weighted by atomic mass is 9.96. The van der Waals surface area contributed by atoms with Crippen molar-refractivity contribution in [2.75, 3.05) is 96.9 Å². The average Bonchev–Trinajstić information content (AvgIpc) is 1.72. The molecular weight excluding hydrogens is 1520 g/mol. The van der Waals surface area contributed by atoms with Crippen molar-refractivity contribution in [2.24, 2.45) is 29.2 Å². The van der Waals surface area contributed by atoms with Gasteiger partial charge < -0.3 is 95.2 Å². The highest BCUT2D eigenvalue weighted by Gasteiger charge is 2.35. The number of nitrogens with two attached hydrogens (primary N) is 2. The number of fused-ring (bicyclic) bond motifs is 1. The molecule has 2 aromatic heterocycles. The molecule has 20 N–H and O–H groups in total. The van der Waals surface area contributed by atoms with Gasteiger partial charge in [-0.25, -0.2) is 4.98 Å². The maximum absolute atomic E-state index is 14.7. The lowest BCUT2D eigenvalue weighted by Crippen LogP contribution is -2.59. The minimum absolute atomic E-state index is 0.0137. The van der Waals surface area contributed by atoms with Crippen LogP contribution >= 0.6 is 0 Å². The van der Waals surface area contributed by atoms with E-state index >= 15 is 0 Å². The molecule has 3 aromatic carbocycles. The van der Waals surface area contributed by atoms with Gasteiger partial charge in [0.15, 0.2) is 0 Å². The molecule has 2 unspecified atom stereocenters. The zero-order chi connectivity index (χ0) is 86.0. The molecule has 0 bridgehead atoms. The molecule has 1 aliphatic rings. The van der Waals surface area contributed by atoms with Crippen LogP contribution in [0.4, 0.5) is 5.69 Å². The fourth-order valence-electron chi connectivity index (χ4n) is 12.4. The summed E-state index contributed by atoms with van der Waals surface area (Å²) in [5, 5.41) is 57.4. The van der Waals surface area contributed by atoms with E-state index in [1.165, 1.54) is 36.8 Å². The van der Waals surface area contributed by atoms with Gasteiger partial charge in [0.25, 0.3) is 17.7 Å². The number of hydrogen-bond donors (Lipinski definition) is 18. The first-order valence-electron chi connectivity index (χ1n) is 38.0.